The minimum Gasteiger partial charge on any atom is -0.314 e. The van der Waals surface area contributed by atoms with Crippen LogP contribution in [0, 0.1) is 11.3 Å². The van der Waals surface area contributed by atoms with E-state index in [0.717, 1.165) is 32.5 Å². The lowest BCUT2D eigenvalue weighted by molar-refractivity contribution is 0.117. The van der Waals surface area contributed by atoms with Crippen LogP contribution in [0.4, 0.5) is 0 Å². The van der Waals surface area contributed by atoms with Crippen LogP contribution in [0.3, 0.4) is 0 Å². The molecule has 1 rings (SSSR count). The highest BCUT2D eigenvalue weighted by Gasteiger charge is 2.28. The van der Waals surface area contributed by atoms with Crippen molar-refractivity contribution in [3.63, 3.8) is 0 Å². The summed E-state index contributed by atoms with van der Waals surface area (Å²) in [5.41, 5.74) is 0. The van der Waals surface area contributed by atoms with Crippen LogP contribution in [0.1, 0.15) is 26.7 Å². The zero-order valence-corrected chi connectivity index (χ0v) is 8.58. The van der Waals surface area contributed by atoms with E-state index in [-0.39, 0.29) is 6.04 Å². The molecule has 0 radical (unpaired) electrons. The average Bonchev–Trinajstić information content (AvgIpc) is 2.04. The van der Waals surface area contributed by atoms with E-state index in [0.29, 0.717) is 6.04 Å². The Kier molecular flexibility index (Phi) is 4.20. The summed E-state index contributed by atoms with van der Waals surface area (Å²) in [5, 5.41) is 12.2. The van der Waals surface area contributed by atoms with Crippen molar-refractivity contribution in [1.29, 1.82) is 5.26 Å². The summed E-state index contributed by atoms with van der Waals surface area (Å²) in [4.78, 5) is 2.34. The molecule has 0 bridgehead atoms. The van der Waals surface area contributed by atoms with Crippen LogP contribution in [-0.4, -0.2) is 36.6 Å². The van der Waals surface area contributed by atoms with E-state index >= 15 is 0 Å². The smallest absolute Gasteiger partial charge is 0.0978 e. The van der Waals surface area contributed by atoms with Gasteiger partial charge in [0.05, 0.1) is 12.1 Å². The van der Waals surface area contributed by atoms with E-state index < -0.39 is 0 Å². The summed E-state index contributed by atoms with van der Waals surface area (Å²) < 4.78 is 0. The number of hydrogen-bond donors (Lipinski definition) is 1. The molecule has 1 unspecified atom stereocenters. The SMILES string of the molecule is CCCN(C(C#N)CC)C1CNC1. The van der Waals surface area contributed by atoms with Crippen LogP contribution >= 0.6 is 0 Å². The van der Waals surface area contributed by atoms with Gasteiger partial charge in [-0.25, -0.2) is 0 Å². The molecule has 13 heavy (non-hydrogen) atoms. The van der Waals surface area contributed by atoms with Gasteiger partial charge in [0, 0.05) is 19.1 Å². The first kappa shape index (κ1) is 10.5. The van der Waals surface area contributed by atoms with Crippen LogP contribution in [0.15, 0.2) is 0 Å². The molecule has 0 aromatic carbocycles. The van der Waals surface area contributed by atoms with E-state index in [2.05, 4.69) is 30.1 Å². The third-order valence-corrected chi connectivity index (χ3v) is 2.65. The van der Waals surface area contributed by atoms with Gasteiger partial charge in [-0.2, -0.15) is 5.26 Å². The quantitative estimate of drug-likeness (QED) is 0.687. The lowest BCUT2D eigenvalue weighted by Crippen LogP contribution is -2.59. The van der Waals surface area contributed by atoms with Crippen molar-refractivity contribution < 1.29 is 0 Å². The Morgan fingerprint density at radius 3 is 2.54 bits per heavy atom. The zero-order chi connectivity index (χ0) is 9.68. The van der Waals surface area contributed by atoms with Crippen LogP contribution in [0.2, 0.25) is 0 Å². The fourth-order valence-electron chi connectivity index (χ4n) is 1.76. The molecule has 1 heterocycles. The first-order valence-electron chi connectivity index (χ1n) is 5.19. The Morgan fingerprint density at radius 1 is 1.54 bits per heavy atom. The second-order valence-corrected chi connectivity index (χ2v) is 3.60. The van der Waals surface area contributed by atoms with Crippen LogP contribution in [0.5, 0.6) is 0 Å². The van der Waals surface area contributed by atoms with E-state index in [9.17, 15) is 0 Å². The molecule has 0 aromatic heterocycles. The highest BCUT2D eigenvalue weighted by atomic mass is 15.2. The molecular formula is C10H19N3. The third kappa shape index (κ3) is 2.43. The highest BCUT2D eigenvalue weighted by Crippen LogP contribution is 2.12. The fourth-order valence-corrected chi connectivity index (χ4v) is 1.76. The van der Waals surface area contributed by atoms with Gasteiger partial charge in [0.25, 0.3) is 0 Å². The molecule has 1 aliphatic rings. The molecule has 74 valence electrons. The lowest BCUT2D eigenvalue weighted by atomic mass is 10.1. The molecule has 0 aliphatic carbocycles. The van der Waals surface area contributed by atoms with Crippen LogP contribution < -0.4 is 5.32 Å². The highest BCUT2D eigenvalue weighted by molar-refractivity contribution is 4.97. The predicted octanol–water partition coefficient (Wildman–Crippen LogP) is 0.972. The maximum Gasteiger partial charge on any atom is 0.0978 e. The molecule has 3 nitrogen and oxygen atoms in total. The molecule has 0 spiro atoms. The van der Waals surface area contributed by atoms with Gasteiger partial charge < -0.3 is 5.32 Å². The van der Waals surface area contributed by atoms with Crippen LogP contribution in [0.25, 0.3) is 0 Å². The maximum absolute atomic E-state index is 8.98. The first-order valence-corrected chi connectivity index (χ1v) is 5.19. The molecule has 1 fully saturated rings. The fraction of sp³-hybridized carbons (Fsp3) is 0.900. The summed E-state index contributed by atoms with van der Waals surface area (Å²) >= 11 is 0. The second-order valence-electron chi connectivity index (χ2n) is 3.60. The van der Waals surface area contributed by atoms with Gasteiger partial charge in [-0.3, -0.25) is 4.90 Å². The van der Waals surface area contributed by atoms with Gasteiger partial charge in [-0.15, -0.1) is 0 Å². The Morgan fingerprint density at radius 2 is 2.23 bits per heavy atom. The van der Waals surface area contributed by atoms with Gasteiger partial charge in [0.1, 0.15) is 0 Å². The Balaban J connectivity index is 2.49. The summed E-state index contributed by atoms with van der Waals surface area (Å²) in [6, 6.07) is 3.10. The average molecular weight is 181 g/mol. The third-order valence-electron chi connectivity index (χ3n) is 2.65. The van der Waals surface area contributed by atoms with Crippen molar-refractivity contribution in [2.24, 2.45) is 0 Å². The summed E-state index contributed by atoms with van der Waals surface area (Å²) in [7, 11) is 0. The molecule has 1 N–H and O–H groups in total. The molecule has 1 atom stereocenters. The minimum absolute atomic E-state index is 0.118. The van der Waals surface area contributed by atoms with Gasteiger partial charge in [-0.1, -0.05) is 13.8 Å². The number of hydrogen-bond acceptors (Lipinski definition) is 3. The zero-order valence-electron chi connectivity index (χ0n) is 8.58. The van der Waals surface area contributed by atoms with Crippen molar-refractivity contribution in [1.82, 2.24) is 10.2 Å². The number of nitriles is 1. The Hall–Kier alpha value is -0.590. The summed E-state index contributed by atoms with van der Waals surface area (Å²) in [5.74, 6) is 0. The molecule has 3 heteroatoms. The number of nitrogens with one attached hydrogen (secondary N) is 1. The lowest BCUT2D eigenvalue weighted by Gasteiger charge is -2.40. The van der Waals surface area contributed by atoms with E-state index in [1.807, 2.05) is 0 Å². The van der Waals surface area contributed by atoms with Gasteiger partial charge in [0.15, 0.2) is 0 Å². The summed E-state index contributed by atoms with van der Waals surface area (Å²) in [6.07, 6.45) is 2.07. The van der Waals surface area contributed by atoms with Crippen LogP contribution in [-0.2, 0) is 0 Å². The summed E-state index contributed by atoms with van der Waals surface area (Å²) in [6.45, 7) is 7.42. The topological polar surface area (TPSA) is 39.1 Å². The van der Waals surface area contributed by atoms with Crippen molar-refractivity contribution in [3.8, 4) is 6.07 Å². The molecule has 0 saturated carbocycles. The minimum atomic E-state index is 0.118. The Bertz CT molecular complexity index is 181. The normalized spacial score (nSPS) is 19.5. The number of rotatable bonds is 5. The number of nitrogens with zero attached hydrogens (tertiary/aromatic N) is 2. The monoisotopic (exact) mass is 181 g/mol. The molecule has 0 amide bonds. The van der Waals surface area contributed by atoms with Crippen molar-refractivity contribution >= 4 is 0 Å². The van der Waals surface area contributed by atoms with Crippen molar-refractivity contribution in [2.45, 2.75) is 38.8 Å². The van der Waals surface area contributed by atoms with Crippen molar-refractivity contribution in [2.75, 3.05) is 19.6 Å². The van der Waals surface area contributed by atoms with Gasteiger partial charge in [-0.05, 0) is 19.4 Å². The molecule has 1 aliphatic heterocycles. The predicted molar refractivity (Wildman–Crippen MR) is 53.3 cm³/mol. The molecular weight excluding hydrogens is 162 g/mol. The van der Waals surface area contributed by atoms with Gasteiger partial charge in [0.2, 0.25) is 0 Å². The van der Waals surface area contributed by atoms with Gasteiger partial charge >= 0.3 is 0 Å². The largest absolute Gasteiger partial charge is 0.314 e. The standard InChI is InChI=1S/C10H19N3/c1-3-5-13(9(4-2)6-11)10-7-12-8-10/h9-10,12H,3-5,7-8H2,1-2H3. The van der Waals surface area contributed by atoms with Crippen molar-refractivity contribution in [3.05, 3.63) is 0 Å². The maximum atomic E-state index is 8.98. The second kappa shape index (κ2) is 5.21. The Labute approximate surface area is 80.7 Å². The first-order chi connectivity index (χ1) is 6.33. The molecule has 0 aromatic rings. The molecule has 1 saturated heterocycles. The van der Waals surface area contributed by atoms with E-state index in [1.54, 1.807) is 0 Å². The van der Waals surface area contributed by atoms with E-state index in [1.165, 1.54) is 0 Å². The van der Waals surface area contributed by atoms with E-state index in [4.69, 9.17) is 5.26 Å².